The van der Waals surface area contributed by atoms with Crippen LogP contribution in [0.3, 0.4) is 0 Å². The van der Waals surface area contributed by atoms with E-state index in [2.05, 4.69) is 27.8 Å². The lowest BCUT2D eigenvalue weighted by atomic mass is 10.0. The fraction of sp³-hybridized carbons (Fsp3) is 0.261. The smallest absolute Gasteiger partial charge is 0.243 e. The largest absolute Gasteiger partial charge is 0.488 e. The van der Waals surface area contributed by atoms with Crippen molar-refractivity contribution in [2.24, 2.45) is 0 Å². The summed E-state index contributed by atoms with van der Waals surface area (Å²) < 4.78 is 22.0. The van der Waals surface area contributed by atoms with Gasteiger partial charge in [0.15, 0.2) is 0 Å². The molecule has 31 heavy (non-hydrogen) atoms. The SMILES string of the molecule is CCCCn1nnnc1NCc1c(OCc2c(F)cccc2Cl)ccc2ccccc12. The molecular formula is C23H23ClFN5O. The van der Waals surface area contributed by atoms with E-state index in [0.29, 0.717) is 28.8 Å². The maximum Gasteiger partial charge on any atom is 0.243 e. The van der Waals surface area contributed by atoms with Crippen LogP contribution in [0.5, 0.6) is 5.75 Å². The number of fused-ring (bicyclic) bond motifs is 1. The topological polar surface area (TPSA) is 64.9 Å². The van der Waals surface area contributed by atoms with Crippen LogP contribution in [0.2, 0.25) is 5.02 Å². The molecule has 0 aliphatic carbocycles. The van der Waals surface area contributed by atoms with Crippen LogP contribution in [0.15, 0.2) is 54.6 Å². The predicted octanol–water partition coefficient (Wildman–Crippen LogP) is 5.61. The zero-order valence-electron chi connectivity index (χ0n) is 17.2. The van der Waals surface area contributed by atoms with E-state index in [9.17, 15) is 4.39 Å². The number of benzene rings is 3. The molecule has 1 aromatic heterocycles. The first kappa shape index (κ1) is 21.1. The van der Waals surface area contributed by atoms with Crippen LogP contribution in [0.1, 0.15) is 30.9 Å². The second-order valence-corrected chi connectivity index (χ2v) is 7.59. The van der Waals surface area contributed by atoms with Crippen molar-refractivity contribution in [2.45, 2.75) is 39.5 Å². The summed E-state index contributed by atoms with van der Waals surface area (Å²) in [4.78, 5) is 0. The number of rotatable bonds is 9. The van der Waals surface area contributed by atoms with Gasteiger partial charge in [0.25, 0.3) is 0 Å². The highest BCUT2D eigenvalue weighted by Crippen LogP contribution is 2.30. The molecule has 0 bridgehead atoms. The van der Waals surface area contributed by atoms with Crippen LogP contribution in [0.25, 0.3) is 10.8 Å². The van der Waals surface area contributed by atoms with Gasteiger partial charge in [0.05, 0.1) is 5.02 Å². The van der Waals surface area contributed by atoms with E-state index in [1.165, 1.54) is 6.07 Å². The number of nitrogens with zero attached hydrogens (tertiary/aromatic N) is 4. The van der Waals surface area contributed by atoms with E-state index < -0.39 is 0 Å². The monoisotopic (exact) mass is 439 g/mol. The first-order valence-electron chi connectivity index (χ1n) is 10.2. The van der Waals surface area contributed by atoms with Crippen molar-refractivity contribution in [1.82, 2.24) is 20.2 Å². The molecule has 1 heterocycles. The average molecular weight is 440 g/mol. The highest BCUT2D eigenvalue weighted by atomic mass is 35.5. The Balaban J connectivity index is 1.61. The number of aromatic nitrogens is 4. The molecule has 8 heteroatoms. The Morgan fingerprint density at radius 2 is 1.94 bits per heavy atom. The molecule has 1 N–H and O–H groups in total. The minimum absolute atomic E-state index is 0.0328. The van der Waals surface area contributed by atoms with Crippen LogP contribution in [-0.2, 0) is 19.7 Å². The predicted molar refractivity (Wildman–Crippen MR) is 120 cm³/mol. The van der Waals surface area contributed by atoms with Gasteiger partial charge in [-0.2, -0.15) is 0 Å². The van der Waals surface area contributed by atoms with Crippen molar-refractivity contribution < 1.29 is 9.13 Å². The lowest BCUT2D eigenvalue weighted by Gasteiger charge is -2.16. The number of tetrazole rings is 1. The van der Waals surface area contributed by atoms with Crippen LogP contribution in [0.4, 0.5) is 10.3 Å². The first-order valence-corrected chi connectivity index (χ1v) is 10.6. The number of aryl methyl sites for hydroxylation is 1. The zero-order valence-corrected chi connectivity index (χ0v) is 17.9. The summed E-state index contributed by atoms with van der Waals surface area (Å²) in [6.45, 7) is 3.36. The molecule has 6 nitrogen and oxygen atoms in total. The minimum atomic E-state index is -0.386. The normalized spacial score (nSPS) is 11.1. The number of ether oxygens (including phenoxy) is 1. The van der Waals surface area contributed by atoms with Gasteiger partial charge in [-0.3, -0.25) is 0 Å². The fourth-order valence-corrected chi connectivity index (χ4v) is 3.63. The minimum Gasteiger partial charge on any atom is -0.488 e. The van der Waals surface area contributed by atoms with Crippen LogP contribution in [-0.4, -0.2) is 20.2 Å². The van der Waals surface area contributed by atoms with Gasteiger partial charge in [0.2, 0.25) is 5.95 Å². The van der Waals surface area contributed by atoms with Gasteiger partial charge >= 0.3 is 0 Å². The molecule has 0 aliphatic rings. The molecule has 0 radical (unpaired) electrons. The number of hydrogen-bond acceptors (Lipinski definition) is 5. The molecule has 0 saturated carbocycles. The van der Waals surface area contributed by atoms with Crippen molar-refractivity contribution in [1.29, 1.82) is 0 Å². The fourth-order valence-electron chi connectivity index (χ4n) is 3.41. The molecule has 0 amide bonds. The molecule has 3 aromatic carbocycles. The molecule has 160 valence electrons. The Morgan fingerprint density at radius 3 is 2.77 bits per heavy atom. The number of hydrogen-bond donors (Lipinski definition) is 1. The van der Waals surface area contributed by atoms with Crippen molar-refractivity contribution in [3.05, 3.63) is 76.6 Å². The third-order valence-electron chi connectivity index (χ3n) is 5.11. The lowest BCUT2D eigenvalue weighted by Crippen LogP contribution is -2.10. The van der Waals surface area contributed by atoms with Gasteiger partial charge in [-0.25, -0.2) is 9.07 Å². The molecule has 0 saturated heterocycles. The molecule has 4 aromatic rings. The van der Waals surface area contributed by atoms with Crippen LogP contribution < -0.4 is 10.1 Å². The van der Waals surface area contributed by atoms with Gasteiger partial charge in [0, 0.05) is 24.2 Å². The average Bonchev–Trinajstić information content (AvgIpc) is 3.23. The highest BCUT2D eigenvalue weighted by molar-refractivity contribution is 6.31. The van der Waals surface area contributed by atoms with Crippen molar-refractivity contribution in [3.8, 4) is 5.75 Å². The molecule has 0 unspecified atom stereocenters. The van der Waals surface area contributed by atoms with E-state index in [4.69, 9.17) is 16.3 Å². The summed E-state index contributed by atoms with van der Waals surface area (Å²) in [6, 6.07) is 16.5. The number of unbranched alkanes of at least 4 members (excludes halogenated alkanes) is 1. The van der Waals surface area contributed by atoms with Crippen LogP contribution in [0, 0.1) is 5.82 Å². The molecular weight excluding hydrogens is 417 g/mol. The molecule has 4 rings (SSSR count). The summed E-state index contributed by atoms with van der Waals surface area (Å²) in [5.74, 6) is 0.866. The summed E-state index contributed by atoms with van der Waals surface area (Å²) in [6.07, 6.45) is 2.05. The molecule has 0 aliphatic heterocycles. The van der Waals surface area contributed by atoms with E-state index in [1.807, 2.05) is 36.4 Å². The molecule has 0 spiro atoms. The Labute approximate surface area is 185 Å². The third-order valence-corrected chi connectivity index (χ3v) is 5.46. The Morgan fingerprint density at radius 1 is 1.06 bits per heavy atom. The molecule has 0 fully saturated rings. The van der Waals surface area contributed by atoms with E-state index in [1.54, 1.807) is 16.8 Å². The standard InChI is InChI=1S/C23H23ClFN5O/c1-2-3-13-30-23(27-28-29-30)26-14-18-17-8-5-4-7-16(17)11-12-22(18)31-15-19-20(24)9-6-10-21(19)25/h4-12H,2-3,13-15H2,1H3,(H,26,27,29). The molecule has 0 atom stereocenters. The maximum absolute atomic E-state index is 14.2. The van der Waals surface area contributed by atoms with E-state index in [0.717, 1.165) is 35.7 Å². The van der Waals surface area contributed by atoms with Crippen molar-refractivity contribution >= 4 is 28.3 Å². The van der Waals surface area contributed by atoms with Crippen molar-refractivity contribution in [2.75, 3.05) is 5.32 Å². The number of halogens is 2. The number of nitrogens with one attached hydrogen (secondary N) is 1. The van der Waals surface area contributed by atoms with Gasteiger partial charge in [-0.1, -0.05) is 66.4 Å². The first-order chi connectivity index (χ1) is 15.2. The second kappa shape index (κ2) is 9.75. The van der Waals surface area contributed by atoms with Crippen LogP contribution >= 0.6 is 11.6 Å². The third kappa shape index (κ3) is 4.77. The van der Waals surface area contributed by atoms with Gasteiger partial charge in [0.1, 0.15) is 18.2 Å². The lowest BCUT2D eigenvalue weighted by molar-refractivity contribution is 0.297. The number of anilines is 1. The van der Waals surface area contributed by atoms with Crippen molar-refractivity contribution in [3.63, 3.8) is 0 Å². The Bertz CT molecular complexity index is 1160. The van der Waals surface area contributed by atoms with Gasteiger partial charge in [-0.15, -0.1) is 0 Å². The second-order valence-electron chi connectivity index (χ2n) is 7.19. The highest BCUT2D eigenvalue weighted by Gasteiger charge is 2.14. The van der Waals surface area contributed by atoms with E-state index >= 15 is 0 Å². The quantitative estimate of drug-likeness (QED) is 0.367. The Kier molecular flexibility index (Phi) is 6.62. The maximum atomic E-state index is 14.2. The summed E-state index contributed by atoms with van der Waals surface area (Å²) >= 11 is 6.16. The van der Waals surface area contributed by atoms with Gasteiger partial charge in [-0.05, 0) is 45.8 Å². The summed E-state index contributed by atoms with van der Waals surface area (Å²) in [7, 11) is 0. The Hall–Kier alpha value is -3.19. The van der Waals surface area contributed by atoms with Gasteiger partial charge < -0.3 is 10.1 Å². The zero-order chi connectivity index (χ0) is 21.6. The summed E-state index contributed by atoms with van der Waals surface area (Å²) in [5, 5.41) is 17.7. The van der Waals surface area contributed by atoms with E-state index in [-0.39, 0.29) is 12.4 Å². The summed E-state index contributed by atoms with van der Waals surface area (Å²) in [5.41, 5.74) is 1.27.